The zero-order valence-electron chi connectivity index (χ0n) is 21.9. The summed E-state index contributed by atoms with van der Waals surface area (Å²) in [6, 6.07) is 6.67. The van der Waals surface area contributed by atoms with Crippen LogP contribution in [0.4, 0.5) is 15.3 Å². The van der Waals surface area contributed by atoms with Crippen LogP contribution in [-0.2, 0) is 16.0 Å². The lowest BCUT2D eigenvalue weighted by atomic mass is 10.1. The predicted molar refractivity (Wildman–Crippen MR) is 134 cm³/mol. The summed E-state index contributed by atoms with van der Waals surface area (Å²) in [5.74, 6) is 0. The molecule has 1 aromatic rings. The number of hydrogen-bond donors (Lipinski definition) is 1. The zero-order chi connectivity index (χ0) is 25.1. The fourth-order valence-electron chi connectivity index (χ4n) is 4.33. The highest BCUT2D eigenvalue weighted by Crippen LogP contribution is 2.28. The van der Waals surface area contributed by atoms with Crippen molar-refractivity contribution in [3.05, 3.63) is 29.3 Å². The van der Waals surface area contributed by atoms with Gasteiger partial charge in [-0.3, -0.25) is 4.90 Å². The molecule has 2 aliphatic rings. The van der Waals surface area contributed by atoms with Gasteiger partial charge in [-0.2, -0.15) is 0 Å². The van der Waals surface area contributed by atoms with Crippen molar-refractivity contribution in [2.24, 2.45) is 0 Å². The minimum Gasteiger partial charge on any atom is -0.444 e. The quantitative estimate of drug-likeness (QED) is 0.707. The molecule has 8 heteroatoms. The standard InChI is InChI=1S/C26H42N4O4/c1-19-8-9-20(17-28-12-14-29(15-13-28)24(32)34-26(5,6)7)22(16-19)30-11-10-21(18-30)27-23(31)33-25(2,3)4/h8-9,16,21H,10-15,17-18H2,1-7H3,(H,27,31). The maximum absolute atomic E-state index is 12.4. The SMILES string of the molecule is Cc1ccc(CN2CCN(C(=O)OC(C)(C)C)CC2)c(N2CCC(NC(=O)OC(C)(C)C)C2)c1. The van der Waals surface area contributed by atoms with E-state index in [1.807, 2.05) is 41.5 Å². The normalized spacial score (nSPS) is 19.8. The summed E-state index contributed by atoms with van der Waals surface area (Å²) in [5, 5.41) is 3.02. The molecule has 1 N–H and O–H groups in total. The van der Waals surface area contributed by atoms with E-state index >= 15 is 0 Å². The highest BCUT2D eigenvalue weighted by atomic mass is 16.6. The lowest BCUT2D eigenvalue weighted by Gasteiger charge is -2.36. The molecule has 0 spiro atoms. The third kappa shape index (κ3) is 7.79. The lowest BCUT2D eigenvalue weighted by molar-refractivity contribution is 0.0139. The van der Waals surface area contributed by atoms with Crippen molar-refractivity contribution in [3.63, 3.8) is 0 Å². The molecule has 3 rings (SSSR count). The van der Waals surface area contributed by atoms with Crippen LogP contribution in [-0.4, -0.2) is 78.5 Å². The van der Waals surface area contributed by atoms with Gasteiger partial charge in [-0.25, -0.2) is 9.59 Å². The van der Waals surface area contributed by atoms with Gasteiger partial charge >= 0.3 is 12.2 Å². The number of benzene rings is 1. The Morgan fingerprint density at radius 3 is 2.24 bits per heavy atom. The number of anilines is 1. The molecule has 2 aliphatic heterocycles. The summed E-state index contributed by atoms with van der Waals surface area (Å²) in [4.78, 5) is 31.1. The Bertz CT molecular complexity index is 867. The van der Waals surface area contributed by atoms with Gasteiger partial charge in [0.15, 0.2) is 0 Å². The number of carbonyl (C=O) groups excluding carboxylic acids is 2. The van der Waals surface area contributed by atoms with Gasteiger partial charge in [-0.15, -0.1) is 0 Å². The maximum atomic E-state index is 12.4. The van der Waals surface area contributed by atoms with Crippen molar-refractivity contribution >= 4 is 17.9 Å². The first-order chi connectivity index (χ1) is 15.8. The number of hydrogen-bond acceptors (Lipinski definition) is 6. The van der Waals surface area contributed by atoms with Crippen molar-refractivity contribution in [3.8, 4) is 0 Å². The number of aryl methyl sites for hydroxylation is 1. The number of nitrogens with zero attached hydrogens (tertiary/aromatic N) is 3. The Labute approximate surface area is 204 Å². The van der Waals surface area contributed by atoms with E-state index in [0.717, 1.165) is 39.1 Å². The van der Waals surface area contributed by atoms with Gasteiger partial charge in [0.25, 0.3) is 0 Å². The molecule has 0 aromatic heterocycles. The number of carbonyl (C=O) groups is 2. The number of rotatable bonds is 4. The van der Waals surface area contributed by atoms with Crippen LogP contribution in [0.15, 0.2) is 18.2 Å². The Morgan fingerprint density at radius 2 is 1.62 bits per heavy atom. The van der Waals surface area contributed by atoms with Gasteiger partial charge in [0.1, 0.15) is 11.2 Å². The Morgan fingerprint density at radius 1 is 0.971 bits per heavy atom. The summed E-state index contributed by atoms with van der Waals surface area (Å²) < 4.78 is 10.9. The van der Waals surface area contributed by atoms with E-state index in [1.54, 1.807) is 4.90 Å². The minimum absolute atomic E-state index is 0.0700. The van der Waals surface area contributed by atoms with Gasteiger partial charge in [0.05, 0.1) is 6.04 Å². The molecule has 0 bridgehead atoms. The lowest BCUT2D eigenvalue weighted by Crippen LogP contribution is -2.49. The van der Waals surface area contributed by atoms with Gasteiger partial charge in [-0.1, -0.05) is 12.1 Å². The fraction of sp³-hybridized carbons (Fsp3) is 0.692. The van der Waals surface area contributed by atoms with Crippen LogP contribution in [0, 0.1) is 6.92 Å². The Kier molecular flexibility index (Phi) is 8.01. The van der Waals surface area contributed by atoms with Crippen molar-refractivity contribution in [2.45, 2.75) is 78.7 Å². The number of piperazine rings is 1. The summed E-state index contributed by atoms with van der Waals surface area (Å²) in [5.41, 5.74) is 2.74. The van der Waals surface area contributed by atoms with Crippen LogP contribution in [0.5, 0.6) is 0 Å². The molecule has 1 atom stereocenters. The van der Waals surface area contributed by atoms with Crippen molar-refractivity contribution in [2.75, 3.05) is 44.2 Å². The van der Waals surface area contributed by atoms with E-state index in [4.69, 9.17) is 9.47 Å². The van der Waals surface area contributed by atoms with E-state index in [1.165, 1.54) is 16.8 Å². The third-order valence-electron chi connectivity index (χ3n) is 5.91. The molecular formula is C26H42N4O4. The molecule has 0 radical (unpaired) electrons. The second-order valence-electron chi connectivity index (χ2n) is 11.5. The first-order valence-electron chi connectivity index (χ1n) is 12.3. The maximum Gasteiger partial charge on any atom is 0.410 e. The molecule has 8 nitrogen and oxygen atoms in total. The molecule has 1 aromatic carbocycles. The van der Waals surface area contributed by atoms with Crippen LogP contribution < -0.4 is 10.2 Å². The van der Waals surface area contributed by atoms with E-state index in [-0.39, 0.29) is 18.2 Å². The highest BCUT2D eigenvalue weighted by Gasteiger charge is 2.29. The van der Waals surface area contributed by atoms with Gasteiger partial charge in [-0.05, 0) is 72.1 Å². The molecular weight excluding hydrogens is 432 g/mol. The summed E-state index contributed by atoms with van der Waals surface area (Å²) in [6.07, 6.45) is 0.303. The van der Waals surface area contributed by atoms with Crippen molar-refractivity contribution in [1.82, 2.24) is 15.1 Å². The first-order valence-corrected chi connectivity index (χ1v) is 12.3. The zero-order valence-corrected chi connectivity index (χ0v) is 21.9. The van der Waals surface area contributed by atoms with Gasteiger partial charge in [0.2, 0.25) is 0 Å². The van der Waals surface area contributed by atoms with Crippen molar-refractivity contribution < 1.29 is 19.1 Å². The summed E-state index contributed by atoms with van der Waals surface area (Å²) >= 11 is 0. The smallest absolute Gasteiger partial charge is 0.410 e. The van der Waals surface area contributed by atoms with Gasteiger partial charge < -0.3 is 24.6 Å². The second-order valence-corrected chi connectivity index (χ2v) is 11.5. The minimum atomic E-state index is -0.500. The summed E-state index contributed by atoms with van der Waals surface area (Å²) in [7, 11) is 0. The van der Waals surface area contributed by atoms with Crippen LogP contribution in [0.2, 0.25) is 0 Å². The van der Waals surface area contributed by atoms with E-state index in [2.05, 4.69) is 40.2 Å². The molecule has 1 unspecified atom stereocenters. The molecule has 190 valence electrons. The fourth-order valence-corrected chi connectivity index (χ4v) is 4.33. The highest BCUT2D eigenvalue weighted by molar-refractivity contribution is 5.69. The molecule has 2 saturated heterocycles. The first kappa shape index (κ1) is 26.1. The molecule has 0 aliphatic carbocycles. The molecule has 2 amide bonds. The van der Waals surface area contributed by atoms with Crippen LogP contribution >= 0.6 is 0 Å². The van der Waals surface area contributed by atoms with Crippen LogP contribution in [0.1, 0.15) is 59.1 Å². The second kappa shape index (κ2) is 10.4. The Balaban J connectivity index is 1.58. The topological polar surface area (TPSA) is 74.4 Å². The van der Waals surface area contributed by atoms with Crippen molar-refractivity contribution in [1.29, 1.82) is 0 Å². The number of amides is 2. The third-order valence-corrected chi connectivity index (χ3v) is 5.91. The number of nitrogens with one attached hydrogen (secondary N) is 1. The largest absolute Gasteiger partial charge is 0.444 e. The predicted octanol–water partition coefficient (Wildman–Crippen LogP) is 4.15. The average Bonchev–Trinajstić information content (AvgIpc) is 3.15. The molecule has 34 heavy (non-hydrogen) atoms. The number of ether oxygens (including phenoxy) is 2. The average molecular weight is 475 g/mol. The molecule has 2 fully saturated rings. The van der Waals surface area contributed by atoms with E-state index in [0.29, 0.717) is 13.1 Å². The monoisotopic (exact) mass is 474 g/mol. The molecule has 0 saturated carbocycles. The van der Waals surface area contributed by atoms with E-state index in [9.17, 15) is 9.59 Å². The van der Waals surface area contributed by atoms with Crippen LogP contribution in [0.3, 0.4) is 0 Å². The van der Waals surface area contributed by atoms with Gasteiger partial charge in [0, 0.05) is 51.5 Å². The van der Waals surface area contributed by atoms with Crippen LogP contribution in [0.25, 0.3) is 0 Å². The molecule has 2 heterocycles. The number of alkyl carbamates (subject to hydrolysis) is 1. The summed E-state index contributed by atoms with van der Waals surface area (Å²) in [6.45, 7) is 18.9. The Hall–Kier alpha value is -2.48. The van der Waals surface area contributed by atoms with E-state index < -0.39 is 11.2 Å².